The molecule has 86 valence electrons. The summed E-state index contributed by atoms with van der Waals surface area (Å²) in [6.07, 6.45) is -2.36. The van der Waals surface area contributed by atoms with E-state index in [1.807, 2.05) is 24.3 Å². The van der Waals surface area contributed by atoms with Crippen molar-refractivity contribution in [1.82, 2.24) is 4.90 Å². The highest BCUT2D eigenvalue weighted by molar-refractivity contribution is 5.81. The second kappa shape index (κ2) is 4.23. The van der Waals surface area contributed by atoms with Crippen molar-refractivity contribution >= 4 is 5.91 Å². The molecule has 2 rings (SSSR count). The van der Waals surface area contributed by atoms with E-state index in [1.54, 1.807) is 4.90 Å². The molecule has 1 aromatic rings. The highest BCUT2D eigenvalue weighted by atomic mass is 16.3. The van der Waals surface area contributed by atoms with Crippen LogP contribution in [0.25, 0.3) is 0 Å². The number of hydrogen-bond acceptors (Lipinski definition) is 3. The van der Waals surface area contributed by atoms with Crippen LogP contribution in [0.15, 0.2) is 24.3 Å². The number of nitrogens with zero attached hydrogens (tertiary/aromatic N) is 1. The molecule has 0 saturated carbocycles. The van der Waals surface area contributed by atoms with Gasteiger partial charge in [-0.05, 0) is 18.1 Å². The van der Waals surface area contributed by atoms with Crippen molar-refractivity contribution in [3.8, 4) is 0 Å². The zero-order chi connectivity index (χ0) is 11.7. The largest absolute Gasteiger partial charge is 0.390 e. The Labute approximate surface area is 94.1 Å². The van der Waals surface area contributed by atoms with Crippen molar-refractivity contribution in [3.63, 3.8) is 0 Å². The number of fused-ring (bicyclic) bond motifs is 1. The molecule has 16 heavy (non-hydrogen) atoms. The molecule has 0 saturated heterocycles. The molecule has 0 aromatic heterocycles. The summed E-state index contributed by atoms with van der Waals surface area (Å²) in [4.78, 5) is 13.3. The topological polar surface area (TPSA) is 60.8 Å². The normalized spacial score (nSPS) is 18.1. The smallest absolute Gasteiger partial charge is 0.254 e. The lowest BCUT2D eigenvalue weighted by molar-refractivity contribution is -0.146. The highest BCUT2D eigenvalue weighted by Crippen LogP contribution is 2.22. The third-order valence-corrected chi connectivity index (χ3v) is 2.86. The fourth-order valence-corrected chi connectivity index (χ4v) is 1.88. The first kappa shape index (κ1) is 11.1. The van der Waals surface area contributed by atoms with Crippen LogP contribution >= 0.6 is 0 Å². The Kier molecular flexibility index (Phi) is 2.94. The van der Waals surface area contributed by atoms with Gasteiger partial charge >= 0.3 is 0 Å². The first-order valence-electron chi connectivity index (χ1n) is 5.31. The fourth-order valence-electron chi connectivity index (χ4n) is 1.88. The summed E-state index contributed by atoms with van der Waals surface area (Å²) in [6.45, 7) is 2.43. The molecule has 0 aliphatic carbocycles. The summed E-state index contributed by atoms with van der Waals surface area (Å²) in [7, 11) is 0. The Morgan fingerprint density at radius 2 is 1.75 bits per heavy atom. The predicted molar refractivity (Wildman–Crippen MR) is 58.4 cm³/mol. The van der Waals surface area contributed by atoms with E-state index in [2.05, 4.69) is 0 Å². The molecule has 0 radical (unpaired) electrons. The quantitative estimate of drug-likeness (QED) is 0.753. The van der Waals surface area contributed by atoms with Gasteiger partial charge in [-0.2, -0.15) is 0 Å². The first-order valence-corrected chi connectivity index (χ1v) is 5.31. The van der Waals surface area contributed by atoms with Gasteiger partial charge in [0.15, 0.2) is 6.10 Å². The second-order valence-electron chi connectivity index (χ2n) is 4.15. The Morgan fingerprint density at radius 3 is 2.19 bits per heavy atom. The van der Waals surface area contributed by atoms with Gasteiger partial charge in [0, 0.05) is 13.1 Å². The summed E-state index contributed by atoms with van der Waals surface area (Å²) in [5.41, 5.74) is 2.21. The van der Waals surface area contributed by atoms with Crippen LogP contribution in [0.2, 0.25) is 0 Å². The third kappa shape index (κ3) is 1.94. The zero-order valence-electron chi connectivity index (χ0n) is 9.13. The van der Waals surface area contributed by atoms with E-state index in [-0.39, 0.29) is 0 Å². The van der Waals surface area contributed by atoms with Crippen molar-refractivity contribution < 1.29 is 15.0 Å². The van der Waals surface area contributed by atoms with E-state index < -0.39 is 18.1 Å². The van der Waals surface area contributed by atoms with Gasteiger partial charge in [-0.1, -0.05) is 24.3 Å². The van der Waals surface area contributed by atoms with Gasteiger partial charge in [0.1, 0.15) is 0 Å². The van der Waals surface area contributed by atoms with E-state index in [9.17, 15) is 15.0 Å². The maximum atomic E-state index is 11.8. The molecule has 0 spiro atoms. The predicted octanol–water partition coefficient (Wildman–Crippen LogP) is 0.270. The molecule has 1 aliphatic rings. The molecule has 0 bridgehead atoms. The van der Waals surface area contributed by atoms with Crippen LogP contribution in [0.1, 0.15) is 18.1 Å². The summed E-state index contributed by atoms with van der Waals surface area (Å²) in [5, 5.41) is 18.7. The molecule has 1 amide bonds. The first-order chi connectivity index (χ1) is 7.59. The minimum Gasteiger partial charge on any atom is -0.390 e. The molecule has 1 aromatic carbocycles. The number of rotatable bonds is 2. The Bertz CT molecular complexity index is 378. The average molecular weight is 221 g/mol. The summed E-state index contributed by atoms with van der Waals surface area (Å²) < 4.78 is 0. The van der Waals surface area contributed by atoms with Crippen molar-refractivity contribution in [2.45, 2.75) is 32.2 Å². The summed E-state index contributed by atoms with van der Waals surface area (Å²) in [6, 6.07) is 7.80. The second-order valence-corrected chi connectivity index (χ2v) is 4.15. The van der Waals surface area contributed by atoms with E-state index in [0.29, 0.717) is 13.1 Å². The van der Waals surface area contributed by atoms with Crippen LogP contribution in [-0.2, 0) is 17.9 Å². The number of carbonyl (C=O) groups excluding carboxylic acids is 1. The van der Waals surface area contributed by atoms with Crippen LogP contribution in [0, 0.1) is 0 Å². The molecular weight excluding hydrogens is 206 g/mol. The molecule has 0 unspecified atom stereocenters. The van der Waals surface area contributed by atoms with E-state index >= 15 is 0 Å². The fraction of sp³-hybridized carbons (Fsp3) is 0.417. The molecule has 4 nitrogen and oxygen atoms in total. The molecule has 1 aliphatic heterocycles. The average Bonchev–Trinajstić information content (AvgIpc) is 2.70. The zero-order valence-corrected chi connectivity index (χ0v) is 9.13. The van der Waals surface area contributed by atoms with E-state index in [1.165, 1.54) is 6.92 Å². The Morgan fingerprint density at radius 1 is 1.25 bits per heavy atom. The minimum absolute atomic E-state index is 0.411. The minimum atomic E-state index is -1.32. The maximum Gasteiger partial charge on any atom is 0.254 e. The van der Waals surface area contributed by atoms with Gasteiger partial charge in [-0.15, -0.1) is 0 Å². The van der Waals surface area contributed by atoms with Gasteiger partial charge < -0.3 is 15.1 Å². The number of benzene rings is 1. The lowest BCUT2D eigenvalue weighted by Gasteiger charge is -2.21. The third-order valence-electron chi connectivity index (χ3n) is 2.86. The van der Waals surface area contributed by atoms with Crippen molar-refractivity contribution in [2.75, 3.05) is 0 Å². The molecule has 0 fully saturated rings. The van der Waals surface area contributed by atoms with Crippen LogP contribution < -0.4 is 0 Å². The van der Waals surface area contributed by atoms with Crippen molar-refractivity contribution in [1.29, 1.82) is 0 Å². The van der Waals surface area contributed by atoms with Crippen LogP contribution in [0.5, 0.6) is 0 Å². The van der Waals surface area contributed by atoms with E-state index in [4.69, 9.17) is 0 Å². The highest BCUT2D eigenvalue weighted by Gasteiger charge is 2.29. The van der Waals surface area contributed by atoms with Crippen molar-refractivity contribution in [3.05, 3.63) is 35.4 Å². The number of aliphatic hydroxyl groups is 2. The maximum absolute atomic E-state index is 11.8. The molecule has 4 heteroatoms. The Balaban J connectivity index is 2.09. The molecule has 1 heterocycles. The van der Waals surface area contributed by atoms with Crippen molar-refractivity contribution in [2.24, 2.45) is 0 Å². The summed E-state index contributed by atoms with van der Waals surface area (Å²) >= 11 is 0. The van der Waals surface area contributed by atoms with Gasteiger partial charge in [0.2, 0.25) is 0 Å². The standard InChI is InChI=1S/C12H15NO3/c1-8(14)11(15)12(16)13-6-9-4-2-3-5-10(9)7-13/h2-5,8,11,14-15H,6-7H2,1H3/t8-,11+/m0/s1. The monoisotopic (exact) mass is 221 g/mol. The lowest BCUT2D eigenvalue weighted by Crippen LogP contribution is -2.41. The number of hydrogen-bond donors (Lipinski definition) is 2. The number of carbonyl (C=O) groups is 1. The van der Waals surface area contributed by atoms with Crippen LogP contribution in [-0.4, -0.2) is 33.2 Å². The SMILES string of the molecule is C[C@H](O)[C@@H](O)C(=O)N1Cc2ccccc2C1. The van der Waals surface area contributed by atoms with Gasteiger partial charge in [-0.3, -0.25) is 4.79 Å². The Hall–Kier alpha value is -1.39. The van der Waals surface area contributed by atoms with Crippen LogP contribution in [0.4, 0.5) is 0 Å². The molecular formula is C12H15NO3. The van der Waals surface area contributed by atoms with Gasteiger partial charge in [0.05, 0.1) is 6.10 Å². The number of aliphatic hydroxyl groups excluding tert-OH is 2. The van der Waals surface area contributed by atoms with Gasteiger partial charge in [-0.25, -0.2) is 0 Å². The van der Waals surface area contributed by atoms with Crippen LogP contribution in [0.3, 0.4) is 0 Å². The van der Waals surface area contributed by atoms with E-state index in [0.717, 1.165) is 11.1 Å². The van der Waals surface area contributed by atoms with Gasteiger partial charge in [0.25, 0.3) is 5.91 Å². The molecule has 2 N–H and O–H groups in total. The summed E-state index contributed by atoms with van der Waals surface area (Å²) in [5.74, 6) is -0.411. The number of amides is 1. The molecule has 2 atom stereocenters. The lowest BCUT2D eigenvalue weighted by atomic mass is 10.1.